The van der Waals surface area contributed by atoms with Gasteiger partial charge in [-0.05, 0) is 52.1 Å². The molecule has 0 amide bonds. The van der Waals surface area contributed by atoms with Gasteiger partial charge in [-0.15, -0.1) is 0 Å². The zero-order valence-electron chi connectivity index (χ0n) is 14.9. The van der Waals surface area contributed by atoms with Gasteiger partial charge < -0.3 is 14.7 Å². The first-order valence-electron chi connectivity index (χ1n) is 9.35. The van der Waals surface area contributed by atoms with Crippen molar-refractivity contribution in [1.29, 1.82) is 0 Å². The summed E-state index contributed by atoms with van der Waals surface area (Å²) in [5.74, 6) is 0.362. The van der Waals surface area contributed by atoms with Crippen LogP contribution in [-0.2, 0) is 9.53 Å². The van der Waals surface area contributed by atoms with Gasteiger partial charge in [0.25, 0.3) is 0 Å². The Labute approximate surface area is 141 Å². The molecule has 1 saturated heterocycles. The molecule has 2 aliphatic rings. The number of aliphatic hydroxyl groups is 1. The van der Waals surface area contributed by atoms with Crippen LogP contribution in [0.4, 0.5) is 0 Å². The zero-order valence-corrected chi connectivity index (χ0v) is 14.9. The topological polar surface area (TPSA) is 53.0 Å². The summed E-state index contributed by atoms with van der Waals surface area (Å²) < 4.78 is 4.98. The number of carbonyl (C=O) groups is 1. The van der Waals surface area contributed by atoms with Crippen molar-refractivity contribution >= 4 is 5.97 Å². The van der Waals surface area contributed by atoms with Gasteiger partial charge in [-0.3, -0.25) is 4.90 Å². The van der Waals surface area contributed by atoms with Gasteiger partial charge in [0.15, 0.2) is 5.60 Å². The van der Waals surface area contributed by atoms with Crippen molar-refractivity contribution in [3.8, 4) is 0 Å². The predicted molar refractivity (Wildman–Crippen MR) is 91.3 cm³/mol. The fourth-order valence-electron chi connectivity index (χ4n) is 3.89. The first kappa shape index (κ1) is 18.7. The number of carbonyl (C=O) groups excluding carboxylic acids is 1. The lowest BCUT2D eigenvalue weighted by Crippen LogP contribution is -2.48. The van der Waals surface area contributed by atoms with Gasteiger partial charge in [0.05, 0.1) is 6.61 Å². The van der Waals surface area contributed by atoms with Crippen LogP contribution in [0.5, 0.6) is 0 Å². The number of nitrogens with zero attached hydrogens (tertiary/aromatic N) is 2. The molecule has 1 atom stereocenters. The first-order chi connectivity index (χ1) is 11.0. The Hall–Kier alpha value is -0.650. The molecule has 1 N–H and O–H groups in total. The molecule has 5 nitrogen and oxygen atoms in total. The minimum atomic E-state index is -1.41. The fraction of sp³-hybridized carbons (Fsp3) is 0.944. The van der Waals surface area contributed by atoms with Crippen molar-refractivity contribution in [2.75, 3.05) is 45.9 Å². The van der Waals surface area contributed by atoms with E-state index >= 15 is 0 Å². The Morgan fingerprint density at radius 1 is 1.09 bits per heavy atom. The van der Waals surface area contributed by atoms with Gasteiger partial charge in [0.2, 0.25) is 0 Å². The largest absolute Gasteiger partial charge is 0.464 e. The van der Waals surface area contributed by atoms with Crippen molar-refractivity contribution in [1.82, 2.24) is 9.80 Å². The van der Waals surface area contributed by atoms with E-state index in [1.807, 2.05) is 0 Å². The highest BCUT2D eigenvalue weighted by Gasteiger charge is 2.34. The van der Waals surface area contributed by atoms with Gasteiger partial charge in [0, 0.05) is 26.2 Å². The number of ether oxygens (including phenoxy) is 1. The summed E-state index contributed by atoms with van der Waals surface area (Å²) in [5, 5.41) is 10.4. The van der Waals surface area contributed by atoms with Crippen molar-refractivity contribution in [2.45, 2.75) is 58.0 Å². The molecule has 23 heavy (non-hydrogen) atoms. The van der Waals surface area contributed by atoms with E-state index in [2.05, 4.69) is 9.80 Å². The molecule has 5 heteroatoms. The lowest BCUT2D eigenvalue weighted by molar-refractivity contribution is -0.164. The maximum atomic E-state index is 11.8. The highest BCUT2D eigenvalue weighted by Crippen LogP contribution is 2.24. The number of β-amino-alcohol motifs (C(OH)–C–C–N with tert-alkyl or cyclic N) is 1. The van der Waals surface area contributed by atoms with Gasteiger partial charge in [-0.1, -0.05) is 19.3 Å². The molecule has 0 aromatic heterocycles. The maximum Gasteiger partial charge on any atom is 0.339 e. The SMILES string of the molecule is CCOC(=O)[C@@](C)(O)CN1CCCN(CC2CCCCC2)CC1. The average Bonchev–Trinajstić information content (AvgIpc) is 2.73. The Bertz CT molecular complexity index is 367. The third kappa shape index (κ3) is 6.05. The molecule has 0 bridgehead atoms. The van der Waals surface area contributed by atoms with E-state index in [4.69, 9.17) is 4.74 Å². The summed E-state index contributed by atoms with van der Waals surface area (Å²) in [6, 6.07) is 0. The highest BCUT2D eigenvalue weighted by atomic mass is 16.5. The van der Waals surface area contributed by atoms with Crippen LogP contribution in [0, 0.1) is 5.92 Å². The minimum Gasteiger partial charge on any atom is -0.464 e. The average molecular weight is 326 g/mol. The smallest absolute Gasteiger partial charge is 0.339 e. The fourth-order valence-corrected chi connectivity index (χ4v) is 3.89. The number of rotatable bonds is 6. The molecule has 2 fully saturated rings. The molecule has 0 radical (unpaired) electrons. The van der Waals surface area contributed by atoms with E-state index in [0.717, 1.165) is 38.5 Å². The molecule has 1 aliphatic heterocycles. The van der Waals surface area contributed by atoms with Gasteiger partial charge in [0.1, 0.15) is 0 Å². The monoisotopic (exact) mass is 326 g/mol. The molecular formula is C18H34N2O3. The second kappa shape index (κ2) is 9.00. The number of esters is 1. The molecule has 1 heterocycles. The third-order valence-corrected chi connectivity index (χ3v) is 5.17. The van der Waals surface area contributed by atoms with Crippen molar-refractivity contribution in [3.63, 3.8) is 0 Å². The van der Waals surface area contributed by atoms with E-state index in [1.165, 1.54) is 38.6 Å². The summed E-state index contributed by atoms with van der Waals surface area (Å²) in [4.78, 5) is 16.6. The van der Waals surface area contributed by atoms with Crippen LogP contribution >= 0.6 is 0 Å². The van der Waals surface area contributed by atoms with E-state index in [9.17, 15) is 9.90 Å². The summed E-state index contributed by atoms with van der Waals surface area (Å²) in [5.41, 5.74) is -1.41. The van der Waals surface area contributed by atoms with Gasteiger partial charge in [-0.2, -0.15) is 0 Å². The Morgan fingerprint density at radius 3 is 2.43 bits per heavy atom. The Balaban J connectivity index is 1.77. The van der Waals surface area contributed by atoms with Crippen LogP contribution in [-0.4, -0.2) is 72.4 Å². The van der Waals surface area contributed by atoms with Crippen molar-refractivity contribution in [3.05, 3.63) is 0 Å². The first-order valence-corrected chi connectivity index (χ1v) is 9.35. The Morgan fingerprint density at radius 2 is 1.74 bits per heavy atom. The van der Waals surface area contributed by atoms with Crippen LogP contribution < -0.4 is 0 Å². The van der Waals surface area contributed by atoms with Crippen LogP contribution in [0.25, 0.3) is 0 Å². The van der Waals surface area contributed by atoms with E-state index < -0.39 is 11.6 Å². The lowest BCUT2D eigenvalue weighted by atomic mass is 9.89. The lowest BCUT2D eigenvalue weighted by Gasteiger charge is -2.30. The summed E-state index contributed by atoms with van der Waals surface area (Å²) >= 11 is 0. The molecule has 0 aromatic rings. The van der Waals surface area contributed by atoms with Gasteiger partial charge in [-0.25, -0.2) is 4.79 Å². The standard InChI is InChI=1S/C18H34N2O3/c1-3-23-17(21)18(2,22)15-20-11-7-10-19(12-13-20)14-16-8-5-4-6-9-16/h16,22H,3-15H2,1-2H3/t18-/m0/s1. The number of hydrogen-bond donors (Lipinski definition) is 1. The van der Waals surface area contributed by atoms with Crippen LogP contribution in [0.2, 0.25) is 0 Å². The molecule has 2 rings (SSSR count). The van der Waals surface area contributed by atoms with Gasteiger partial charge >= 0.3 is 5.97 Å². The third-order valence-electron chi connectivity index (χ3n) is 5.17. The normalized spacial score (nSPS) is 24.8. The highest BCUT2D eigenvalue weighted by molar-refractivity contribution is 5.79. The molecule has 0 unspecified atom stereocenters. The summed E-state index contributed by atoms with van der Waals surface area (Å²) in [7, 11) is 0. The van der Waals surface area contributed by atoms with Crippen LogP contribution in [0.3, 0.4) is 0 Å². The predicted octanol–water partition coefficient (Wildman–Crippen LogP) is 1.89. The summed E-state index contributed by atoms with van der Waals surface area (Å²) in [6.45, 7) is 9.26. The van der Waals surface area contributed by atoms with E-state index in [-0.39, 0.29) is 0 Å². The van der Waals surface area contributed by atoms with Crippen molar-refractivity contribution < 1.29 is 14.6 Å². The molecule has 134 valence electrons. The molecular weight excluding hydrogens is 292 g/mol. The summed E-state index contributed by atoms with van der Waals surface area (Å²) in [6.07, 6.45) is 8.08. The quantitative estimate of drug-likeness (QED) is 0.756. The maximum absolute atomic E-state index is 11.8. The van der Waals surface area contributed by atoms with E-state index in [0.29, 0.717) is 13.2 Å². The molecule has 1 aliphatic carbocycles. The molecule has 0 spiro atoms. The second-order valence-electron chi connectivity index (χ2n) is 7.43. The molecule has 0 aromatic carbocycles. The van der Waals surface area contributed by atoms with Crippen LogP contribution in [0.15, 0.2) is 0 Å². The number of hydrogen-bond acceptors (Lipinski definition) is 5. The molecule has 1 saturated carbocycles. The Kier molecular flexibility index (Phi) is 7.31. The van der Waals surface area contributed by atoms with E-state index in [1.54, 1.807) is 13.8 Å². The van der Waals surface area contributed by atoms with Crippen LogP contribution in [0.1, 0.15) is 52.4 Å². The minimum absolute atomic E-state index is 0.310. The second-order valence-corrected chi connectivity index (χ2v) is 7.43. The zero-order chi connectivity index (χ0) is 16.7. The van der Waals surface area contributed by atoms with Crippen molar-refractivity contribution in [2.24, 2.45) is 5.92 Å².